The molecule has 2 saturated carbocycles. The van der Waals surface area contributed by atoms with Crippen molar-refractivity contribution >= 4 is 17.1 Å². The van der Waals surface area contributed by atoms with E-state index in [1.165, 1.54) is 37.1 Å². The quantitative estimate of drug-likeness (QED) is 0.598. The smallest absolute Gasteiger partial charge is 0.0914 e. The Bertz CT molecular complexity index is 862. The number of rotatable bonds is 4. The van der Waals surface area contributed by atoms with Crippen molar-refractivity contribution in [2.24, 2.45) is 0 Å². The lowest BCUT2D eigenvalue weighted by atomic mass is 10.1. The van der Waals surface area contributed by atoms with Crippen LogP contribution in [0.15, 0.2) is 35.9 Å². The second-order valence-electron chi connectivity index (χ2n) is 6.64. The van der Waals surface area contributed by atoms with Crippen LogP contribution in [0.3, 0.4) is 0 Å². The van der Waals surface area contributed by atoms with Gasteiger partial charge in [-0.2, -0.15) is 5.26 Å². The molecule has 2 aliphatic carbocycles. The summed E-state index contributed by atoms with van der Waals surface area (Å²) in [6.45, 7) is 1.92. The molecule has 0 atom stereocenters. The van der Waals surface area contributed by atoms with Gasteiger partial charge in [0, 0.05) is 17.9 Å². The molecule has 4 rings (SSSR count). The zero-order valence-corrected chi connectivity index (χ0v) is 13.3. The van der Waals surface area contributed by atoms with E-state index in [2.05, 4.69) is 18.2 Å². The van der Waals surface area contributed by atoms with E-state index in [1.54, 1.807) is 6.08 Å². The molecule has 114 valence electrons. The van der Waals surface area contributed by atoms with Crippen LogP contribution >= 0.6 is 0 Å². The summed E-state index contributed by atoms with van der Waals surface area (Å²) in [6, 6.07) is 8.28. The Kier molecular flexibility index (Phi) is 3.46. The van der Waals surface area contributed by atoms with Gasteiger partial charge in [0.05, 0.1) is 28.5 Å². The minimum atomic E-state index is 0.641. The fourth-order valence-electron chi connectivity index (χ4n) is 2.89. The van der Waals surface area contributed by atoms with Gasteiger partial charge in [0.2, 0.25) is 0 Å². The highest BCUT2D eigenvalue weighted by atomic mass is 14.9. The third-order valence-electron chi connectivity index (χ3n) is 4.50. The van der Waals surface area contributed by atoms with E-state index in [9.17, 15) is 0 Å². The predicted molar refractivity (Wildman–Crippen MR) is 91.9 cm³/mol. The molecule has 0 N–H and O–H groups in total. The van der Waals surface area contributed by atoms with E-state index < -0.39 is 0 Å². The summed E-state index contributed by atoms with van der Waals surface area (Å²) >= 11 is 0. The lowest BCUT2D eigenvalue weighted by Crippen LogP contribution is -2.00. The van der Waals surface area contributed by atoms with E-state index in [1.807, 2.05) is 25.1 Å². The Balaban J connectivity index is 1.72. The van der Waals surface area contributed by atoms with Crippen LogP contribution in [0.5, 0.6) is 0 Å². The fraction of sp³-hybridized carbons (Fsp3) is 0.350. The van der Waals surface area contributed by atoms with Crippen molar-refractivity contribution in [2.45, 2.75) is 44.4 Å². The molecule has 2 fully saturated rings. The first kappa shape index (κ1) is 14.1. The molecule has 0 amide bonds. The summed E-state index contributed by atoms with van der Waals surface area (Å²) in [7, 11) is 0. The number of aromatic nitrogens is 2. The topological polar surface area (TPSA) is 49.6 Å². The first-order valence-electron chi connectivity index (χ1n) is 8.30. The number of fused-ring (bicyclic) bond motifs is 1. The van der Waals surface area contributed by atoms with Gasteiger partial charge in [-0.05, 0) is 55.9 Å². The summed E-state index contributed by atoms with van der Waals surface area (Å²) in [5.74, 6) is 1.29. The summed E-state index contributed by atoms with van der Waals surface area (Å²) in [5.41, 5.74) is 6.54. The molecule has 0 saturated heterocycles. The number of benzene rings is 1. The van der Waals surface area contributed by atoms with Crippen LogP contribution < -0.4 is 0 Å². The third kappa shape index (κ3) is 3.03. The molecule has 0 spiro atoms. The Morgan fingerprint density at radius 2 is 1.74 bits per heavy atom. The molecule has 1 aromatic carbocycles. The van der Waals surface area contributed by atoms with Crippen LogP contribution in [0.4, 0.5) is 0 Å². The van der Waals surface area contributed by atoms with Gasteiger partial charge >= 0.3 is 0 Å². The molecule has 0 unspecified atom stereocenters. The zero-order valence-electron chi connectivity index (χ0n) is 13.3. The Hall–Kier alpha value is -2.47. The molecule has 2 aliphatic rings. The van der Waals surface area contributed by atoms with Gasteiger partial charge in [0.15, 0.2) is 0 Å². The minimum Gasteiger partial charge on any atom is -0.249 e. The summed E-state index contributed by atoms with van der Waals surface area (Å²) in [6.07, 6.45) is 10.6. The average Bonchev–Trinajstić information content (AvgIpc) is 3.44. The van der Waals surface area contributed by atoms with Crippen LogP contribution in [0.25, 0.3) is 17.1 Å². The highest BCUT2D eigenvalue weighted by molar-refractivity contribution is 5.78. The van der Waals surface area contributed by atoms with Gasteiger partial charge in [-0.1, -0.05) is 18.2 Å². The lowest BCUT2D eigenvalue weighted by molar-refractivity contribution is 0.913. The highest BCUT2D eigenvalue weighted by Gasteiger charge is 2.35. The van der Waals surface area contributed by atoms with Crippen LogP contribution in [-0.4, -0.2) is 9.97 Å². The van der Waals surface area contributed by atoms with E-state index in [0.29, 0.717) is 11.8 Å². The fourth-order valence-corrected chi connectivity index (χ4v) is 2.89. The Labute approximate surface area is 136 Å². The lowest BCUT2D eigenvalue weighted by Gasteiger charge is -2.08. The SMILES string of the molecule is CC(/C=C/c1ccc2nc(C3CC3)c(C3CC3)nc2c1)=C\C#N. The van der Waals surface area contributed by atoms with Gasteiger partial charge in [-0.15, -0.1) is 0 Å². The monoisotopic (exact) mass is 301 g/mol. The molecule has 0 aliphatic heterocycles. The van der Waals surface area contributed by atoms with Gasteiger partial charge in [0.25, 0.3) is 0 Å². The van der Waals surface area contributed by atoms with Crippen molar-refractivity contribution in [1.82, 2.24) is 9.97 Å². The van der Waals surface area contributed by atoms with Crippen LogP contribution in [-0.2, 0) is 0 Å². The van der Waals surface area contributed by atoms with E-state index in [0.717, 1.165) is 22.2 Å². The highest BCUT2D eigenvalue weighted by Crippen LogP contribution is 2.47. The first-order chi connectivity index (χ1) is 11.2. The van der Waals surface area contributed by atoms with E-state index in [4.69, 9.17) is 15.2 Å². The summed E-state index contributed by atoms with van der Waals surface area (Å²) < 4.78 is 0. The molecule has 3 nitrogen and oxygen atoms in total. The molecular formula is C20H19N3. The maximum Gasteiger partial charge on any atom is 0.0914 e. The van der Waals surface area contributed by atoms with Gasteiger partial charge < -0.3 is 0 Å². The van der Waals surface area contributed by atoms with Gasteiger partial charge in [-0.25, -0.2) is 9.97 Å². The molecule has 3 heteroatoms. The third-order valence-corrected chi connectivity index (χ3v) is 4.50. The van der Waals surface area contributed by atoms with E-state index in [-0.39, 0.29) is 0 Å². The van der Waals surface area contributed by atoms with Gasteiger partial charge in [0.1, 0.15) is 0 Å². The van der Waals surface area contributed by atoms with Gasteiger partial charge in [-0.3, -0.25) is 0 Å². The second kappa shape index (κ2) is 5.62. The maximum atomic E-state index is 8.66. The molecule has 1 aromatic heterocycles. The molecular weight excluding hydrogens is 282 g/mol. The van der Waals surface area contributed by atoms with Crippen LogP contribution in [0, 0.1) is 11.3 Å². The number of hydrogen-bond donors (Lipinski definition) is 0. The first-order valence-corrected chi connectivity index (χ1v) is 8.30. The zero-order chi connectivity index (χ0) is 15.8. The number of allylic oxidation sites excluding steroid dienone is 3. The largest absolute Gasteiger partial charge is 0.249 e. The molecule has 1 heterocycles. The maximum absolute atomic E-state index is 8.66. The number of nitrogens with zero attached hydrogens (tertiary/aromatic N) is 3. The molecule has 23 heavy (non-hydrogen) atoms. The molecule has 0 radical (unpaired) electrons. The predicted octanol–water partition coefficient (Wildman–Crippen LogP) is 4.87. The van der Waals surface area contributed by atoms with E-state index >= 15 is 0 Å². The average molecular weight is 301 g/mol. The Morgan fingerprint density at radius 3 is 2.35 bits per heavy atom. The second-order valence-corrected chi connectivity index (χ2v) is 6.64. The molecule has 0 bridgehead atoms. The molecule has 2 aromatic rings. The van der Waals surface area contributed by atoms with Crippen molar-refractivity contribution in [3.05, 3.63) is 52.9 Å². The Morgan fingerprint density at radius 1 is 1.09 bits per heavy atom. The van der Waals surface area contributed by atoms with Crippen molar-refractivity contribution in [2.75, 3.05) is 0 Å². The summed E-state index contributed by atoms with van der Waals surface area (Å²) in [5, 5.41) is 8.66. The standard InChI is InChI=1S/C20H19N3/c1-13(10-11-21)2-3-14-4-9-17-18(12-14)23-20(16-7-8-16)19(22-17)15-5-6-15/h2-4,9-10,12,15-16H,5-8H2,1H3/b3-2+,13-10+. The minimum absolute atomic E-state index is 0.641. The normalized spacial score (nSPS) is 18.5. The van der Waals surface area contributed by atoms with Crippen LogP contribution in [0.2, 0.25) is 0 Å². The number of nitriles is 1. The van der Waals surface area contributed by atoms with Crippen molar-refractivity contribution in [3.8, 4) is 6.07 Å². The number of hydrogen-bond acceptors (Lipinski definition) is 3. The van der Waals surface area contributed by atoms with Crippen molar-refractivity contribution in [1.29, 1.82) is 5.26 Å². The van der Waals surface area contributed by atoms with Crippen LogP contribution in [0.1, 0.15) is 61.4 Å². The summed E-state index contributed by atoms with van der Waals surface area (Å²) in [4.78, 5) is 9.88. The van der Waals surface area contributed by atoms with Crippen molar-refractivity contribution < 1.29 is 0 Å². The van der Waals surface area contributed by atoms with Crippen molar-refractivity contribution in [3.63, 3.8) is 0 Å².